The lowest BCUT2D eigenvalue weighted by molar-refractivity contribution is 0.437. The highest BCUT2D eigenvalue weighted by Gasteiger charge is 2.35. The number of hydrogen-bond acceptors (Lipinski definition) is 3. The summed E-state index contributed by atoms with van der Waals surface area (Å²) in [4.78, 5) is 4.84. The highest BCUT2D eigenvalue weighted by Crippen LogP contribution is 2.45. The number of rotatable bonds is 7. The quantitative estimate of drug-likeness (QED) is 0.160. The van der Waals surface area contributed by atoms with Crippen LogP contribution in [0.25, 0.3) is 33.3 Å². The van der Waals surface area contributed by atoms with Crippen molar-refractivity contribution < 1.29 is 4.74 Å². The summed E-state index contributed by atoms with van der Waals surface area (Å²) in [5, 5.41) is 7.67. The lowest BCUT2D eigenvalue weighted by Gasteiger charge is -2.32. The number of pyridine rings is 1. The molecule has 3 aromatic heterocycles. The third kappa shape index (κ3) is 6.05. The van der Waals surface area contributed by atoms with Gasteiger partial charge in [-0.25, -0.2) is 9.67 Å². The number of aryl methyl sites for hydroxylation is 1. The van der Waals surface area contributed by atoms with Crippen molar-refractivity contribution in [2.24, 2.45) is 5.92 Å². The summed E-state index contributed by atoms with van der Waals surface area (Å²) in [6.45, 7) is 22.8. The summed E-state index contributed by atoms with van der Waals surface area (Å²) in [5.41, 5.74) is 10.9. The number of ether oxygens (including phenoxy) is 1. The van der Waals surface area contributed by atoms with Gasteiger partial charge in [0, 0.05) is 46.0 Å². The maximum Gasteiger partial charge on any atom is 0.137 e. The zero-order valence-corrected chi connectivity index (χ0v) is 31.5. The third-order valence-corrected chi connectivity index (χ3v) is 10.6. The van der Waals surface area contributed by atoms with Crippen LogP contribution in [0.4, 0.5) is 0 Å². The minimum Gasteiger partial charge on any atom is -0.457 e. The summed E-state index contributed by atoms with van der Waals surface area (Å²) in [6, 6.07) is 26.0. The van der Waals surface area contributed by atoms with E-state index in [1.165, 1.54) is 45.2 Å². The third-order valence-electron chi connectivity index (χ3n) is 10.6. The molecule has 0 radical (unpaired) electrons. The number of benzene rings is 3. The SMILES string of the molecule is CC1=CCC[C@H](C)C1c1c(C)nn(-c2cc(Oc3ccc4c5ccccc5n(-c5cc(C(C)C)ccn5)c4c3)cc(C(C)C)c2)c1C(C)(C)C. The smallest absolute Gasteiger partial charge is 0.137 e. The van der Waals surface area contributed by atoms with E-state index in [0.29, 0.717) is 23.7 Å². The molecule has 0 fully saturated rings. The molecule has 0 saturated heterocycles. The van der Waals surface area contributed by atoms with Crippen molar-refractivity contribution >= 4 is 21.8 Å². The minimum atomic E-state index is -0.109. The van der Waals surface area contributed by atoms with E-state index in [4.69, 9.17) is 14.8 Å². The molecule has 3 aromatic carbocycles. The van der Waals surface area contributed by atoms with Gasteiger partial charge in [-0.2, -0.15) is 5.10 Å². The Morgan fingerprint density at radius 1 is 0.800 bits per heavy atom. The van der Waals surface area contributed by atoms with E-state index in [9.17, 15) is 0 Å². The summed E-state index contributed by atoms with van der Waals surface area (Å²) in [7, 11) is 0. The molecule has 6 aromatic rings. The van der Waals surface area contributed by atoms with Gasteiger partial charge < -0.3 is 4.74 Å². The molecule has 0 aliphatic heterocycles. The molecule has 50 heavy (non-hydrogen) atoms. The van der Waals surface area contributed by atoms with Crippen molar-refractivity contribution in [1.29, 1.82) is 0 Å². The summed E-state index contributed by atoms with van der Waals surface area (Å²) < 4.78 is 11.3. The van der Waals surface area contributed by atoms with Crippen LogP contribution >= 0.6 is 0 Å². The molecule has 5 heteroatoms. The Bertz CT molecular complexity index is 2240. The monoisotopic (exact) mass is 664 g/mol. The fourth-order valence-corrected chi connectivity index (χ4v) is 8.08. The molecule has 0 amide bonds. The van der Waals surface area contributed by atoms with Crippen molar-refractivity contribution in [2.75, 3.05) is 0 Å². The highest BCUT2D eigenvalue weighted by atomic mass is 16.5. The predicted octanol–water partition coefficient (Wildman–Crippen LogP) is 12.5. The van der Waals surface area contributed by atoms with Gasteiger partial charge in [0.25, 0.3) is 0 Å². The Labute approximate surface area is 298 Å². The predicted molar refractivity (Wildman–Crippen MR) is 209 cm³/mol. The van der Waals surface area contributed by atoms with Crippen LogP contribution in [-0.2, 0) is 5.41 Å². The lowest BCUT2D eigenvalue weighted by Crippen LogP contribution is -2.24. The molecule has 2 atom stereocenters. The molecule has 5 nitrogen and oxygen atoms in total. The Morgan fingerprint density at radius 3 is 2.26 bits per heavy atom. The first-order valence-corrected chi connectivity index (χ1v) is 18.4. The van der Waals surface area contributed by atoms with Gasteiger partial charge in [0.05, 0.1) is 28.1 Å². The van der Waals surface area contributed by atoms with Crippen molar-refractivity contribution in [3.05, 3.63) is 119 Å². The van der Waals surface area contributed by atoms with Crippen molar-refractivity contribution in [3.63, 3.8) is 0 Å². The first kappa shape index (κ1) is 33.8. The Balaban J connectivity index is 1.36. The van der Waals surface area contributed by atoms with E-state index < -0.39 is 0 Å². The molecule has 3 heterocycles. The van der Waals surface area contributed by atoms with Gasteiger partial charge in [-0.3, -0.25) is 4.57 Å². The Hall–Kier alpha value is -4.64. The van der Waals surface area contributed by atoms with Crippen LogP contribution < -0.4 is 4.74 Å². The summed E-state index contributed by atoms with van der Waals surface area (Å²) in [5.74, 6) is 4.20. The van der Waals surface area contributed by atoms with Crippen LogP contribution in [0.2, 0.25) is 0 Å². The molecule has 7 rings (SSSR count). The zero-order chi connectivity index (χ0) is 35.5. The maximum absolute atomic E-state index is 6.82. The molecule has 0 N–H and O–H groups in total. The van der Waals surface area contributed by atoms with Crippen molar-refractivity contribution in [1.82, 2.24) is 19.3 Å². The molecule has 1 aliphatic rings. The average Bonchev–Trinajstić information content (AvgIpc) is 3.59. The number of allylic oxidation sites excluding steroid dienone is 2. The molecular formula is C45H52N4O. The molecule has 1 aliphatic carbocycles. The number of fused-ring (bicyclic) bond motifs is 3. The maximum atomic E-state index is 6.82. The number of aromatic nitrogens is 4. The van der Waals surface area contributed by atoms with Gasteiger partial charge in [-0.15, -0.1) is 0 Å². The van der Waals surface area contributed by atoms with E-state index in [0.717, 1.165) is 46.2 Å². The zero-order valence-electron chi connectivity index (χ0n) is 31.5. The molecule has 258 valence electrons. The van der Waals surface area contributed by atoms with Gasteiger partial charge in [-0.1, -0.05) is 85.2 Å². The molecule has 1 unspecified atom stereocenters. The van der Waals surface area contributed by atoms with Crippen LogP contribution in [0, 0.1) is 12.8 Å². The first-order chi connectivity index (χ1) is 23.8. The number of para-hydroxylation sites is 1. The van der Waals surface area contributed by atoms with E-state index in [2.05, 4.69) is 157 Å². The van der Waals surface area contributed by atoms with Crippen LogP contribution in [0.1, 0.15) is 121 Å². The summed E-state index contributed by atoms with van der Waals surface area (Å²) >= 11 is 0. The largest absolute Gasteiger partial charge is 0.457 e. The average molecular weight is 665 g/mol. The van der Waals surface area contributed by atoms with E-state index >= 15 is 0 Å². The van der Waals surface area contributed by atoms with Crippen molar-refractivity contribution in [3.8, 4) is 23.0 Å². The normalized spacial score (nSPS) is 16.9. The number of hydrogen-bond donors (Lipinski definition) is 0. The van der Waals surface area contributed by atoms with Crippen LogP contribution in [0.5, 0.6) is 11.5 Å². The molecular weight excluding hydrogens is 613 g/mol. The molecule has 0 bridgehead atoms. The molecule has 0 saturated carbocycles. The highest BCUT2D eigenvalue weighted by molar-refractivity contribution is 6.09. The fourth-order valence-electron chi connectivity index (χ4n) is 8.08. The molecule has 0 spiro atoms. The lowest BCUT2D eigenvalue weighted by atomic mass is 9.72. The Morgan fingerprint density at radius 2 is 1.54 bits per heavy atom. The first-order valence-electron chi connectivity index (χ1n) is 18.4. The second-order valence-corrected chi connectivity index (χ2v) is 16.1. The van der Waals surface area contributed by atoms with Crippen LogP contribution in [0.15, 0.2) is 90.6 Å². The van der Waals surface area contributed by atoms with Gasteiger partial charge in [0.2, 0.25) is 0 Å². The second kappa shape index (κ2) is 12.9. The van der Waals surface area contributed by atoms with Gasteiger partial charge >= 0.3 is 0 Å². The second-order valence-electron chi connectivity index (χ2n) is 16.1. The summed E-state index contributed by atoms with van der Waals surface area (Å²) in [6.07, 6.45) is 6.73. The van der Waals surface area contributed by atoms with E-state index in [1.54, 1.807) is 0 Å². The standard InChI is InChI=1S/C45H52N4O/c1-27(2)32-20-21-46-41(24-32)48-39-17-12-11-16-37(39)38-19-18-35(26-40(38)48)50-36-23-33(28(3)4)22-34(25-36)49-44(45(8,9)10)43(31(7)47-49)42-29(5)14-13-15-30(42)6/h11-12,14,16-28,30,42H,13,15H2,1-10H3/t30-,42?/m0/s1. The Kier molecular flexibility index (Phi) is 8.74. The van der Waals surface area contributed by atoms with Crippen LogP contribution in [0.3, 0.4) is 0 Å². The van der Waals surface area contributed by atoms with E-state index in [-0.39, 0.29) is 5.41 Å². The minimum absolute atomic E-state index is 0.109. The van der Waals surface area contributed by atoms with Crippen molar-refractivity contribution in [2.45, 2.75) is 105 Å². The topological polar surface area (TPSA) is 44.9 Å². The van der Waals surface area contributed by atoms with Crippen LogP contribution in [-0.4, -0.2) is 19.3 Å². The van der Waals surface area contributed by atoms with Gasteiger partial charge in [-0.05, 0) is 98.0 Å². The van der Waals surface area contributed by atoms with Gasteiger partial charge in [0.1, 0.15) is 17.3 Å². The van der Waals surface area contributed by atoms with Gasteiger partial charge in [0.15, 0.2) is 0 Å². The fraction of sp³-hybridized carbons (Fsp3) is 0.378. The number of nitrogens with zero attached hydrogens (tertiary/aromatic N) is 4. The van der Waals surface area contributed by atoms with E-state index in [1.807, 2.05) is 6.20 Å².